The first kappa shape index (κ1) is 31.1. The number of phenolic OH excluding ortho intramolecular Hbond substituents is 1. The number of aliphatic hydroxyl groups is 2. The van der Waals surface area contributed by atoms with Crippen molar-refractivity contribution in [2.45, 2.75) is 119 Å². The van der Waals surface area contributed by atoms with Gasteiger partial charge in [0.15, 0.2) is 11.5 Å². The van der Waals surface area contributed by atoms with Crippen LogP contribution in [0.4, 0.5) is 0 Å². The van der Waals surface area contributed by atoms with Crippen LogP contribution in [0.15, 0.2) is 11.3 Å². The predicted octanol–water partition coefficient (Wildman–Crippen LogP) is 7.81. The molecular formula is C32H50O5. The van der Waals surface area contributed by atoms with E-state index in [1.807, 2.05) is 13.8 Å². The number of aliphatic hydroxyl groups excluding tert-OH is 2. The van der Waals surface area contributed by atoms with Crippen LogP contribution in [-0.4, -0.2) is 33.0 Å². The van der Waals surface area contributed by atoms with Crippen LogP contribution in [0.1, 0.15) is 130 Å². The number of hydrogen-bond donors (Lipinski definition) is 3. The van der Waals surface area contributed by atoms with Gasteiger partial charge < -0.3 is 15.3 Å². The van der Waals surface area contributed by atoms with Crippen LogP contribution in [0.3, 0.4) is 0 Å². The SMILES string of the molecule is Cc1c(C)c(CCC(C)C)c2c(c1O)C(=O)C(O)=C(CCC(C)C(O)CCC(C)CCCC(C)C)C2=O. The van der Waals surface area contributed by atoms with E-state index in [9.17, 15) is 24.9 Å². The summed E-state index contributed by atoms with van der Waals surface area (Å²) in [6, 6.07) is 0. The van der Waals surface area contributed by atoms with Crippen LogP contribution < -0.4 is 0 Å². The number of carbonyl (C=O) groups is 2. The van der Waals surface area contributed by atoms with Gasteiger partial charge in [-0.3, -0.25) is 9.59 Å². The molecule has 0 spiro atoms. The molecule has 0 bridgehead atoms. The van der Waals surface area contributed by atoms with Gasteiger partial charge in [0.1, 0.15) is 5.75 Å². The van der Waals surface area contributed by atoms with E-state index in [0.29, 0.717) is 42.6 Å². The molecule has 0 amide bonds. The average molecular weight is 515 g/mol. The van der Waals surface area contributed by atoms with Gasteiger partial charge >= 0.3 is 0 Å². The molecular weight excluding hydrogens is 464 g/mol. The lowest BCUT2D eigenvalue weighted by Gasteiger charge is -2.26. The molecule has 5 nitrogen and oxygen atoms in total. The molecule has 1 aliphatic rings. The Morgan fingerprint density at radius 2 is 1.30 bits per heavy atom. The number of ketones is 2. The van der Waals surface area contributed by atoms with Gasteiger partial charge in [-0.05, 0) is 92.7 Å². The first-order chi connectivity index (χ1) is 17.3. The molecule has 5 heteroatoms. The van der Waals surface area contributed by atoms with Gasteiger partial charge in [0.05, 0.1) is 11.7 Å². The number of rotatable bonds is 14. The molecule has 0 saturated heterocycles. The van der Waals surface area contributed by atoms with Crippen molar-refractivity contribution in [2.75, 3.05) is 0 Å². The van der Waals surface area contributed by atoms with E-state index in [2.05, 4.69) is 34.6 Å². The Kier molecular flexibility index (Phi) is 11.4. The molecule has 0 saturated carbocycles. The zero-order chi connectivity index (χ0) is 28.0. The van der Waals surface area contributed by atoms with Gasteiger partial charge in [-0.2, -0.15) is 0 Å². The number of aromatic hydroxyl groups is 1. The third-order valence-corrected chi connectivity index (χ3v) is 8.30. The highest BCUT2D eigenvalue weighted by Gasteiger charge is 2.38. The number of Topliss-reactive ketones (excluding diaryl/α,β-unsaturated/α-hetero) is 2. The van der Waals surface area contributed by atoms with Gasteiger partial charge in [0, 0.05) is 11.1 Å². The van der Waals surface area contributed by atoms with Crippen molar-refractivity contribution < 1.29 is 24.9 Å². The molecule has 0 heterocycles. The second kappa shape index (κ2) is 13.6. The molecule has 0 aliphatic heterocycles. The maximum absolute atomic E-state index is 13.7. The van der Waals surface area contributed by atoms with Crippen molar-refractivity contribution in [3.05, 3.63) is 39.1 Å². The van der Waals surface area contributed by atoms with Crippen LogP contribution in [0.25, 0.3) is 0 Å². The van der Waals surface area contributed by atoms with Crippen molar-refractivity contribution >= 4 is 11.6 Å². The number of allylic oxidation sites excluding steroid dienone is 2. The minimum atomic E-state index is -0.681. The van der Waals surface area contributed by atoms with Crippen LogP contribution in [0.2, 0.25) is 0 Å². The average Bonchev–Trinajstić information content (AvgIpc) is 2.83. The maximum Gasteiger partial charge on any atom is 0.232 e. The maximum atomic E-state index is 13.7. The molecule has 37 heavy (non-hydrogen) atoms. The van der Waals surface area contributed by atoms with E-state index < -0.39 is 17.6 Å². The smallest absolute Gasteiger partial charge is 0.232 e. The van der Waals surface area contributed by atoms with Crippen LogP contribution in [-0.2, 0) is 6.42 Å². The quantitative estimate of drug-likeness (QED) is 0.235. The summed E-state index contributed by atoms with van der Waals surface area (Å²) in [6.07, 6.45) is 6.97. The van der Waals surface area contributed by atoms with E-state index >= 15 is 0 Å². The lowest BCUT2D eigenvalue weighted by atomic mass is 9.78. The van der Waals surface area contributed by atoms with E-state index in [-0.39, 0.29) is 40.6 Å². The number of phenols is 1. The molecule has 3 N–H and O–H groups in total. The molecule has 0 radical (unpaired) electrons. The van der Waals surface area contributed by atoms with E-state index in [1.165, 1.54) is 19.3 Å². The molecule has 1 aromatic rings. The fraction of sp³-hybridized carbons (Fsp3) is 0.688. The number of hydrogen-bond acceptors (Lipinski definition) is 5. The van der Waals surface area contributed by atoms with Gasteiger partial charge in [0.2, 0.25) is 5.78 Å². The summed E-state index contributed by atoms with van der Waals surface area (Å²) in [5, 5.41) is 32.2. The summed E-state index contributed by atoms with van der Waals surface area (Å²) in [7, 11) is 0. The third-order valence-electron chi connectivity index (χ3n) is 8.30. The number of fused-ring (bicyclic) bond motifs is 1. The Morgan fingerprint density at radius 3 is 1.89 bits per heavy atom. The highest BCUT2D eigenvalue weighted by molar-refractivity contribution is 6.27. The first-order valence-corrected chi connectivity index (χ1v) is 14.3. The lowest BCUT2D eigenvalue weighted by molar-refractivity contribution is 0.0895. The molecule has 3 unspecified atom stereocenters. The predicted molar refractivity (Wildman–Crippen MR) is 151 cm³/mol. The summed E-state index contributed by atoms with van der Waals surface area (Å²) < 4.78 is 0. The van der Waals surface area contributed by atoms with Crippen molar-refractivity contribution in [1.29, 1.82) is 0 Å². The van der Waals surface area contributed by atoms with E-state index in [1.54, 1.807) is 6.92 Å². The fourth-order valence-electron chi connectivity index (χ4n) is 5.33. The van der Waals surface area contributed by atoms with Gasteiger partial charge in [-0.1, -0.05) is 60.8 Å². The zero-order valence-electron chi connectivity index (χ0n) is 24.4. The molecule has 1 aliphatic carbocycles. The van der Waals surface area contributed by atoms with Gasteiger partial charge in [0.25, 0.3) is 0 Å². The Labute approximate surface area is 224 Å². The molecule has 208 valence electrons. The number of benzene rings is 1. The standard InChI is InChI=1S/C32H50O5/c1-18(2)10-9-11-20(5)13-17-26(33)21(6)14-16-25-30(35)27-24(15-12-19(3)4)22(7)23(8)29(34)28(27)32(37)31(25)36/h18-21,26,33-34,36H,9-17H2,1-8H3. The summed E-state index contributed by atoms with van der Waals surface area (Å²) in [6.45, 7) is 16.5. The van der Waals surface area contributed by atoms with E-state index in [0.717, 1.165) is 24.0 Å². The van der Waals surface area contributed by atoms with Crippen molar-refractivity contribution in [3.8, 4) is 5.75 Å². The van der Waals surface area contributed by atoms with Crippen molar-refractivity contribution in [3.63, 3.8) is 0 Å². The summed E-state index contributed by atoms with van der Waals surface area (Å²) in [5.41, 5.74) is 2.49. The van der Waals surface area contributed by atoms with Crippen molar-refractivity contribution in [1.82, 2.24) is 0 Å². The highest BCUT2D eigenvalue weighted by atomic mass is 16.3. The second-order valence-electron chi connectivity index (χ2n) is 12.3. The Bertz CT molecular complexity index is 1000. The Morgan fingerprint density at radius 1 is 0.676 bits per heavy atom. The molecule has 2 rings (SSSR count). The zero-order valence-corrected chi connectivity index (χ0v) is 24.4. The minimum Gasteiger partial charge on any atom is -0.507 e. The molecule has 0 aromatic heterocycles. The first-order valence-electron chi connectivity index (χ1n) is 14.3. The van der Waals surface area contributed by atoms with Gasteiger partial charge in [-0.25, -0.2) is 0 Å². The summed E-state index contributed by atoms with van der Waals surface area (Å²) in [4.78, 5) is 26.8. The van der Waals surface area contributed by atoms with Crippen LogP contribution in [0.5, 0.6) is 5.75 Å². The summed E-state index contributed by atoms with van der Waals surface area (Å²) >= 11 is 0. The summed E-state index contributed by atoms with van der Waals surface area (Å²) in [5.74, 6) is -0.201. The van der Waals surface area contributed by atoms with Crippen molar-refractivity contribution in [2.24, 2.45) is 23.7 Å². The fourth-order valence-corrected chi connectivity index (χ4v) is 5.33. The Balaban J connectivity index is 2.15. The largest absolute Gasteiger partial charge is 0.507 e. The normalized spacial score (nSPS) is 16.5. The molecule has 3 atom stereocenters. The minimum absolute atomic E-state index is 0.0624. The molecule has 1 aromatic carbocycles. The molecule has 0 fully saturated rings. The van der Waals surface area contributed by atoms with Gasteiger partial charge in [-0.15, -0.1) is 0 Å². The Hall–Kier alpha value is -2.14. The topological polar surface area (TPSA) is 94.8 Å². The van der Waals surface area contributed by atoms with Crippen LogP contribution in [0, 0.1) is 37.5 Å². The monoisotopic (exact) mass is 514 g/mol. The number of carbonyl (C=O) groups excluding carboxylic acids is 2. The second-order valence-corrected chi connectivity index (χ2v) is 12.3. The lowest BCUT2D eigenvalue weighted by Crippen LogP contribution is -2.26. The highest BCUT2D eigenvalue weighted by Crippen LogP contribution is 2.40. The third kappa shape index (κ3) is 7.69. The van der Waals surface area contributed by atoms with Crippen LogP contribution >= 0.6 is 0 Å². The van der Waals surface area contributed by atoms with E-state index in [4.69, 9.17) is 0 Å².